The van der Waals surface area contributed by atoms with E-state index in [9.17, 15) is 14.9 Å². The summed E-state index contributed by atoms with van der Waals surface area (Å²) >= 11 is 7.23. The number of ether oxygens (including phenoxy) is 2. The fourth-order valence-electron chi connectivity index (χ4n) is 3.07. The number of nitrogens with zero attached hydrogens (tertiary/aromatic N) is 2. The van der Waals surface area contributed by atoms with Crippen LogP contribution in [-0.2, 0) is 11.4 Å². The van der Waals surface area contributed by atoms with Crippen LogP contribution in [-0.4, -0.2) is 23.1 Å². The molecular weight excluding hydrogens is 478 g/mol. The van der Waals surface area contributed by atoms with Crippen LogP contribution in [0.5, 0.6) is 11.5 Å². The third kappa shape index (κ3) is 5.56. The maximum absolute atomic E-state index is 12.4. The molecule has 1 amide bonds. The van der Waals surface area contributed by atoms with E-state index in [1.807, 2.05) is 36.4 Å². The molecule has 0 atom stereocenters. The van der Waals surface area contributed by atoms with Gasteiger partial charge in [-0.3, -0.25) is 14.9 Å². The lowest BCUT2D eigenvalue weighted by molar-refractivity contribution is -0.384. The third-order valence-corrected chi connectivity index (χ3v) is 5.95. The van der Waals surface area contributed by atoms with Gasteiger partial charge in [0.25, 0.3) is 11.6 Å². The first-order valence-corrected chi connectivity index (χ1v) is 11.2. The van der Waals surface area contributed by atoms with E-state index in [0.29, 0.717) is 33.9 Å². The van der Waals surface area contributed by atoms with Crippen molar-refractivity contribution in [2.45, 2.75) is 6.61 Å². The summed E-state index contributed by atoms with van der Waals surface area (Å²) in [6.45, 7) is 0.404. The van der Waals surface area contributed by atoms with Crippen LogP contribution in [0.2, 0.25) is 5.02 Å². The fraction of sp³-hybridized carbons (Fsp3) is 0.0833. The molecule has 34 heavy (non-hydrogen) atoms. The third-order valence-electron chi connectivity index (χ3n) is 4.74. The number of nitrogens with one attached hydrogen (secondary N) is 1. The van der Waals surface area contributed by atoms with Gasteiger partial charge in [0.1, 0.15) is 6.61 Å². The van der Waals surface area contributed by atoms with Crippen molar-refractivity contribution < 1.29 is 19.2 Å². The average Bonchev–Trinajstić information content (AvgIpc) is 3.18. The Bertz CT molecular complexity index is 1310. The molecule has 1 N–H and O–H groups in total. The molecule has 172 valence electrons. The van der Waals surface area contributed by atoms with E-state index in [1.54, 1.807) is 25.3 Å². The van der Waals surface area contributed by atoms with Crippen LogP contribution < -0.4 is 14.8 Å². The molecule has 0 radical (unpaired) electrons. The van der Waals surface area contributed by atoms with Crippen LogP contribution in [0.4, 0.5) is 11.4 Å². The highest BCUT2D eigenvalue weighted by Crippen LogP contribution is 2.34. The van der Waals surface area contributed by atoms with Crippen LogP contribution in [0, 0.1) is 10.1 Å². The van der Waals surface area contributed by atoms with Gasteiger partial charge in [-0.2, -0.15) is 0 Å². The Morgan fingerprint density at radius 1 is 1.12 bits per heavy atom. The summed E-state index contributed by atoms with van der Waals surface area (Å²) in [5.41, 5.74) is 1.96. The van der Waals surface area contributed by atoms with Crippen LogP contribution in [0.15, 0.2) is 76.6 Å². The molecular formula is C24H18ClN3O5S. The van der Waals surface area contributed by atoms with Gasteiger partial charge in [-0.25, -0.2) is 4.99 Å². The maximum Gasteiger partial charge on any atom is 0.271 e. The van der Waals surface area contributed by atoms with Crippen molar-refractivity contribution in [3.8, 4) is 11.5 Å². The molecule has 0 bridgehead atoms. The lowest BCUT2D eigenvalue weighted by Crippen LogP contribution is -2.19. The highest BCUT2D eigenvalue weighted by Gasteiger charge is 2.24. The number of halogens is 1. The summed E-state index contributed by atoms with van der Waals surface area (Å²) in [6.07, 6.45) is 1.71. The van der Waals surface area contributed by atoms with Gasteiger partial charge >= 0.3 is 0 Å². The van der Waals surface area contributed by atoms with E-state index in [2.05, 4.69) is 10.3 Å². The summed E-state index contributed by atoms with van der Waals surface area (Å²) < 4.78 is 11.3. The minimum Gasteiger partial charge on any atom is -0.493 e. The van der Waals surface area contributed by atoms with E-state index >= 15 is 0 Å². The number of amides is 1. The van der Waals surface area contributed by atoms with E-state index in [1.165, 1.54) is 18.2 Å². The highest BCUT2D eigenvalue weighted by atomic mass is 35.5. The molecule has 0 aliphatic carbocycles. The number of carbonyl (C=O) groups is 1. The molecule has 3 aromatic rings. The van der Waals surface area contributed by atoms with Gasteiger partial charge in [0.15, 0.2) is 16.7 Å². The predicted molar refractivity (Wildman–Crippen MR) is 133 cm³/mol. The minimum absolute atomic E-state index is 0.116. The molecule has 1 aliphatic rings. The summed E-state index contributed by atoms with van der Waals surface area (Å²) in [5.74, 6) is 0.817. The van der Waals surface area contributed by atoms with Crippen molar-refractivity contribution in [3.63, 3.8) is 0 Å². The standard InChI is InChI=1S/C24H18ClN3O5S/c1-32-21-11-16(7-10-20(21)33-14-15-5-3-2-4-6-15)12-22-23(29)27-24(34-22)26-19-9-8-17(28(30)31)13-18(19)25/h2-13H,14H2,1H3,(H,26,27,29)/b22-12+. The van der Waals surface area contributed by atoms with Gasteiger partial charge < -0.3 is 14.8 Å². The molecule has 0 saturated carbocycles. The SMILES string of the molecule is COc1cc(/C=C2/SC(=Nc3ccc([N+](=O)[O-])cc3Cl)NC2=O)ccc1OCc1ccccc1. The first-order valence-electron chi connectivity index (χ1n) is 10.0. The largest absolute Gasteiger partial charge is 0.493 e. The van der Waals surface area contributed by atoms with Crippen molar-refractivity contribution in [3.05, 3.63) is 97.9 Å². The van der Waals surface area contributed by atoms with E-state index in [0.717, 1.165) is 22.9 Å². The summed E-state index contributed by atoms with van der Waals surface area (Å²) in [5, 5.41) is 14.0. The first-order chi connectivity index (χ1) is 16.4. The van der Waals surface area contributed by atoms with Gasteiger partial charge in [0.2, 0.25) is 0 Å². The van der Waals surface area contributed by atoms with Crippen molar-refractivity contribution in [1.29, 1.82) is 0 Å². The number of thioether (sulfide) groups is 1. The Kier molecular flexibility index (Phi) is 7.15. The van der Waals surface area contributed by atoms with Crippen molar-refractivity contribution in [2.24, 2.45) is 4.99 Å². The second-order valence-electron chi connectivity index (χ2n) is 7.06. The number of benzene rings is 3. The average molecular weight is 496 g/mol. The lowest BCUT2D eigenvalue weighted by Gasteiger charge is -2.11. The maximum atomic E-state index is 12.4. The number of aliphatic imine (C=N–C) groups is 1. The zero-order chi connectivity index (χ0) is 24.1. The number of non-ortho nitro benzene ring substituents is 1. The summed E-state index contributed by atoms with van der Waals surface area (Å²) in [6, 6.07) is 19.1. The molecule has 8 nitrogen and oxygen atoms in total. The van der Waals surface area contributed by atoms with Gasteiger partial charge in [-0.05, 0) is 47.2 Å². The minimum atomic E-state index is -0.540. The second kappa shape index (κ2) is 10.4. The van der Waals surface area contributed by atoms with Crippen LogP contribution in [0.25, 0.3) is 6.08 Å². The molecule has 4 rings (SSSR count). The van der Waals surface area contributed by atoms with Gasteiger partial charge in [0.05, 0.1) is 27.6 Å². The highest BCUT2D eigenvalue weighted by molar-refractivity contribution is 8.18. The quantitative estimate of drug-likeness (QED) is 0.255. The zero-order valence-electron chi connectivity index (χ0n) is 17.9. The Morgan fingerprint density at radius 2 is 1.91 bits per heavy atom. The van der Waals surface area contributed by atoms with Gasteiger partial charge in [0, 0.05) is 12.1 Å². The first kappa shape index (κ1) is 23.3. The molecule has 3 aromatic carbocycles. The summed E-state index contributed by atoms with van der Waals surface area (Å²) in [4.78, 5) is 27.5. The lowest BCUT2D eigenvalue weighted by atomic mass is 10.2. The fourth-order valence-corrected chi connectivity index (χ4v) is 4.12. The topological polar surface area (TPSA) is 103 Å². The number of hydrogen-bond acceptors (Lipinski definition) is 7. The number of nitro benzene ring substituents is 1. The molecule has 0 unspecified atom stereocenters. The van der Waals surface area contributed by atoms with Crippen LogP contribution in [0.1, 0.15) is 11.1 Å². The number of rotatable bonds is 7. The predicted octanol–water partition coefficient (Wildman–Crippen LogP) is 5.73. The molecule has 0 aromatic heterocycles. The number of nitro groups is 1. The number of methoxy groups -OCH3 is 1. The molecule has 1 saturated heterocycles. The number of hydrogen-bond donors (Lipinski definition) is 1. The second-order valence-corrected chi connectivity index (χ2v) is 8.50. The van der Waals surface area contributed by atoms with Gasteiger partial charge in [-0.15, -0.1) is 0 Å². The Balaban J connectivity index is 1.50. The van der Waals surface area contributed by atoms with Crippen LogP contribution in [0.3, 0.4) is 0 Å². The van der Waals surface area contributed by atoms with Crippen molar-refractivity contribution in [1.82, 2.24) is 5.32 Å². The Labute approximate surface area is 204 Å². The van der Waals surface area contributed by atoms with Crippen molar-refractivity contribution in [2.75, 3.05) is 7.11 Å². The molecule has 1 aliphatic heterocycles. The summed E-state index contributed by atoms with van der Waals surface area (Å²) in [7, 11) is 1.55. The van der Waals surface area contributed by atoms with E-state index in [-0.39, 0.29) is 16.6 Å². The normalized spacial score (nSPS) is 15.4. The Morgan fingerprint density at radius 3 is 2.62 bits per heavy atom. The number of amidine groups is 1. The van der Waals surface area contributed by atoms with Crippen LogP contribution >= 0.6 is 23.4 Å². The molecule has 0 spiro atoms. The van der Waals surface area contributed by atoms with E-state index in [4.69, 9.17) is 21.1 Å². The smallest absolute Gasteiger partial charge is 0.271 e. The monoisotopic (exact) mass is 495 g/mol. The van der Waals surface area contributed by atoms with E-state index < -0.39 is 4.92 Å². The number of carbonyl (C=O) groups excluding carboxylic acids is 1. The molecule has 10 heteroatoms. The zero-order valence-corrected chi connectivity index (χ0v) is 19.4. The molecule has 1 fully saturated rings. The molecule has 1 heterocycles. The Hall–Kier alpha value is -3.82. The van der Waals surface area contributed by atoms with Gasteiger partial charge in [-0.1, -0.05) is 48.0 Å². The van der Waals surface area contributed by atoms with Crippen molar-refractivity contribution >= 4 is 51.9 Å².